The first-order valence-corrected chi connectivity index (χ1v) is 6.16. The van der Waals surface area contributed by atoms with E-state index in [2.05, 4.69) is 14.5 Å². The fourth-order valence-corrected chi connectivity index (χ4v) is 2.34. The first kappa shape index (κ1) is 11.8. The largest absolute Gasteiger partial charge is 0.481 e. The minimum Gasteiger partial charge on any atom is -0.481 e. The van der Waals surface area contributed by atoms with Crippen molar-refractivity contribution in [3.8, 4) is 0 Å². The van der Waals surface area contributed by atoms with E-state index in [9.17, 15) is 4.79 Å². The highest BCUT2D eigenvalue weighted by Crippen LogP contribution is 2.12. The van der Waals surface area contributed by atoms with Crippen molar-refractivity contribution in [2.24, 2.45) is 0 Å². The van der Waals surface area contributed by atoms with Crippen molar-refractivity contribution >= 4 is 17.3 Å². The van der Waals surface area contributed by atoms with Gasteiger partial charge in [0.2, 0.25) is 0 Å². The number of rotatable bonds is 5. The van der Waals surface area contributed by atoms with E-state index in [1.54, 1.807) is 6.20 Å². The standard InChI is InChI=1S/C11H13N3O2S/c1-8-12-3-5-14(8)4-2-10-13-9(7-17-10)6-11(15)16/h3,5,7H,2,4,6H2,1H3,(H,15,16). The predicted octanol–water partition coefficient (Wildman–Crippen LogP) is 1.52. The number of hydrogen-bond donors (Lipinski definition) is 1. The third-order valence-electron chi connectivity index (χ3n) is 2.42. The van der Waals surface area contributed by atoms with Crippen molar-refractivity contribution in [1.29, 1.82) is 0 Å². The second-order valence-electron chi connectivity index (χ2n) is 3.72. The Labute approximate surface area is 103 Å². The molecule has 6 heteroatoms. The van der Waals surface area contributed by atoms with Gasteiger partial charge in [-0.15, -0.1) is 11.3 Å². The number of carboxylic acid groups (broad SMARTS) is 1. The summed E-state index contributed by atoms with van der Waals surface area (Å²) in [5, 5.41) is 11.4. The van der Waals surface area contributed by atoms with Crippen LogP contribution in [0.1, 0.15) is 16.5 Å². The van der Waals surface area contributed by atoms with Gasteiger partial charge >= 0.3 is 5.97 Å². The zero-order valence-electron chi connectivity index (χ0n) is 9.46. The number of aliphatic carboxylic acids is 1. The van der Waals surface area contributed by atoms with Crippen molar-refractivity contribution in [2.75, 3.05) is 0 Å². The molecule has 0 fully saturated rings. The molecule has 0 aliphatic carbocycles. The molecule has 0 amide bonds. The maximum atomic E-state index is 10.5. The molecular formula is C11H13N3O2S. The van der Waals surface area contributed by atoms with Crippen molar-refractivity contribution in [1.82, 2.24) is 14.5 Å². The molecule has 0 aliphatic rings. The van der Waals surface area contributed by atoms with E-state index in [4.69, 9.17) is 5.11 Å². The minimum absolute atomic E-state index is 0.000598. The summed E-state index contributed by atoms with van der Waals surface area (Å²) in [4.78, 5) is 18.9. The lowest BCUT2D eigenvalue weighted by Gasteiger charge is -2.01. The fraction of sp³-hybridized carbons (Fsp3) is 0.364. The molecule has 0 spiro atoms. The summed E-state index contributed by atoms with van der Waals surface area (Å²) in [5.41, 5.74) is 0.639. The van der Waals surface area contributed by atoms with Gasteiger partial charge < -0.3 is 9.67 Å². The van der Waals surface area contributed by atoms with E-state index in [0.717, 1.165) is 23.8 Å². The lowest BCUT2D eigenvalue weighted by molar-refractivity contribution is -0.136. The number of aryl methyl sites for hydroxylation is 3. The third-order valence-corrected chi connectivity index (χ3v) is 3.38. The van der Waals surface area contributed by atoms with E-state index in [1.807, 2.05) is 18.5 Å². The second-order valence-corrected chi connectivity index (χ2v) is 4.66. The van der Waals surface area contributed by atoms with Crippen LogP contribution in [-0.2, 0) is 24.2 Å². The molecule has 1 N–H and O–H groups in total. The highest BCUT2D eigenvalue weighted by molar-refractivity contribution is 7.09. The number of imidazole rings is 1. The topological polar surface area (TPSA) is 68.0 Å². The van der Waals surface area contributed by atoms with Crippen molar-refractivity contribution in [3.63, 3.8) is 0 Å². The summed E-state index contributed by atoms with van der Waals surface area (Å²) < 4.78 is 2.05. The van der Waals surface area contributed by atoms with Crippen molar-refractivity contribution in [3.05, 3.63) is 34.3 Å². The molecule has 90 valence electrons. The second kappa shape index (κ2) is 5.09. The van der Waals surface area contributed by atoms with Crippen LogP contribution in [0, 0.1) is 6.92 Å². The summed E-state index contributed by atoms with van der Waals surface area (Å²) >= 11 is 1.51. The number of carboxylic acids is 1. The number of hydrogen-bond acceptors (Lipinski definition) is 4. The normalized spacial score (nSPS) is 10.6. The van der Waals surface area contributed by atoms with Gasteiger partial charge in [0.25, 0.3) is 0 Å². The molecule has 2 rings (SSSR count). The van der Waals surface area contributed by atoms with Crippen LogP contribution in [0.4, 0.5) is 0 Å². The SMILES string of the molecule is Cc1nccn1CCc1nc(CC(=O)O)cs1. The van der Waals surface area contributed by atoms with Crippen molar-refractivity contribution < 1.29 is 9.90 Å². The Morgan fingerprint density at radius 1 is 1.59 bits per heavy atom. The van der Waals surface area contributed by atoms with Crippen LogP contribution >= 0.6 is 11.3 Å². The maximum absolute atomic E-state index is 10.5. The Hall–Kier alpha value is -1.69. The Bertz CT molecular complexity index is 518. The number of nitrogens with zero attached hydrogens (tertiary/aromatic N) is 3. The van der Waals surface area contributed by atoms with Gasteiger partial charge in [-0.25, -0.2) is 9.97 Å². The summed E-state index contributed by atoms with van der Waals surface area (Å²) in [6.45, 7) is 2.78. The van der Waals surface area contributed by atoms with Crippen LogP contribution in [0.5, 0.6) is 0 Å². The molecular weight excluding hydrogens is 238 g/mol. The molecule has 17 heavy (non-hydrogen) atoms. The summed E-state index contributed by atoms with van der Waals surface area (Å²) in [7, 11) is 0. The minimum atomic E-state index is -0.840. The smallest absolute Gasteiger partial charge is 0.309 e. The van der Waals surface area contributed by atoms with Gasteiger partial charge in [-0.3, -0.25) is 4.79 Å². The van der Waals surface area contributed by atoms with E-state index < -0.39 is 5.97 Å². The molecule has 0 atom stereocenters. The summed E-state index contributed by atoms with van der Waals surface area (Å²) in [5.74, 6) is 0.139. The van der Waals surface area contributed by atoms with Crippen LogP contribution < -0.4 is 0 Å². The Morgan fingerprint density at radius 3 is 3.06 bits per heavy atom. The quantitative estimate of drug-likeness (QED) is 0.874. The molecule has 0 aliphatic heterocycles. The zero-order chi connectivity index (χ0) is 12.3. The molecule has 0 aromatic carbocycles. The molecule has 2 heterocycles. The average Bonchev–Trinajstić information content (AvgIpc) is 2.84. The van der Waals surface area contributed by atoms with Gasteiger partial charge in [-0.05, 0) is 6.92 Å². The Balaban J connectivity index is 1.93. The van der Waals surface area contributed by atoms with Crippen LogP contribution in [0.25, 0.3) is 0 Å². The van der Waals surface area contributed by atoms with Gasteiger partial charge in [-0.1, -0.05) is 0 Å². The summed E-state index contributed by atoms with van der Waals surface area (Å²) in [6.07, 6.45) is 4.51. The predicted molar refractivity (Wildman–Crippen MR) is 64.1 cm³/mol. The molecule has 0 bridgehead atoms. The van der Waals surface area contributed by atoms with Crippen LogP contribution in [0.3, 0.4) is 0 Å². The first-order valence-electron chi connectivity index (χ1n) is 5.28. The summed E-state index contributed by atoms with van der Waals surface area (Å²) in [6, 6.07) is 0. The van der Waals surface area contributed by atoms with E-state index >= 15 is 0 Å². The zero-order valence-corrected chi connectivity index (χ0v) is 10.3. The lowest BCUT2D eigenvalue weighted by Crippen LogP contribution is -2.03. The molecule has 0 unspecified atom stereocenters. The maximum Gasteiger partial charge on any atom is 0.309 e. The monoisotopic (exact) mass is 251 g/mol. The third kappa shape index (κ3) is 3.13. The van der Waals surface area contributed by atoms with Gasteiger partial charge in [0.15, 0.2) is 0 Å². The van der Waals surface area contributed by atoms with E-state index in [-0.39, 0.29) is 6.42 Å². The molecule has 2 aromatic heterocycles. The van der Waals surface area contributed by atoms with E-state index in [1.165, 1.54) is 11.3 Å². The molecule has 0 saturated heterocycles. The number of aromatic nitrogens is 3. The first-order chi connectivity index (χ1) is 8.15. The molecule has 0 radical (unpaired) electrons. The van der Waals surface area contributed by atoms with Gasteiger partial charge in [0, 0.05) is 30.7 Å². The molecule has 5 nitrogen and oxygen atoms in total. The molecule has 2 aromatic rings. The highest BCUT2D eigenvalue weighted by Gasteiger charge is 2.06. The Kier molecular flexibility index (Phi) is 3.53. The van der Waals surface area contributed by atoms with Crippen LogP contribution in [0.15, 0.2) is 17.8 Å². The highest BCUT2D eigenvalue weighted by atomic mass is 32.1. The van der Waals surface area contributed by atoms with Crippen molar-refractivity contribution in [2.45, 2.75) is 26.3 Å². The number of thiazole rings is 1. The van der Waals surface area contributed by atoms with Crippen LogP contribution in [0.2, 0.25) is 0 Å². The van der Waals surface area contributed by atoms with Gasteiger partial charge in [0.1, 0.15) is 5.82 Å². The van der Waals surface area contributed by atoms with E-state index in [0.29, 0.717) is 5.69 Å². The fourth-order valence-electron chi connectivity index (χ4n) is 1.56. The van der Waals surface area contributed by atoms with Crippen LogP contribution in [-0.4, -0.2) is 25.6 Å². The average molecular weight is 251 g/mol. The van der Waals surface area contributed by atoms with Gasteiger partial charge in [0.05, 0.1) is 17.1 Å². The molecule has 0 saturated carbocycles. The van der Waals surface area contributed by atoms with Gasteiger partial charge in [-0.2, -0.15) is 0 Å². The number of carbonyl (C=O) groups is 1. The Morgan fingerprint density at radius 2 is 2.41 bits per heavy atom. The lowest BCUT2D eigenvalue weighted by atomic mass is 10.3.